The van der Waals surface area contributed by atoms with Crippen LogP contribution >= 0.6 is 12.2 Å². The van der Waals surface area contributed by atoms with Gasteiger partial charge in [-0.05, 0) is 49.0 Å². The number of rotatable bonds is 7. The van der Waals surface area contributed by atoms with Crippen molar-refractivity contribution in [1.82, 2.24) is 10.7 Å². The number of thiocarbonyl (C=S) groups is 1. The molecule has 0 amide bonds. The maximum Gasteiger partial charge on any atom is 0.186 e. The molecule has 0 heterocycles. The lowest BCUT2D eigenvalue weighted by Gasteiger charge is -2.12. The van der Waals surface area contributed by atoms with Gasteiger partial charge in [-0.15, -0.1) is 0 Å². The summed E-state index contributed by atoms with van der Waals surface area (Å²) >= 11 is 5.04. The van der Waals surface area contributed by atoms with E-state index in [4.69, 9.17) is 27.0 Å². The summed E-state index contributed by atoms with van der Waals surface area (Å²) in [7, 11) is 1.57. The van der Waals surface area contributed by atoms with E-state index in [1.165, 1.54) is 0 Å². The molecule has 2 aromatic rings. The summed E-state index contributed by atoms with van der Waals surface area (Å²) in [6.07, 6.45) is 1.64. The first kappa shape index (κ1) is 19.2. The van der Waals surface area contributed by atoms with Crippen molar-refractivity contribution in [3.8, 4) is 17.6 Å². The van der Waals surface area contributed by atoms with Crippen LogP contribution in [-0.4, -0.2) is 25.0 Å². The average Bonchev–Trinajstić information content (AvgIpc) is 2.67. The molecule has 0 fully saturated rings. The third-order valence-electron chi connectivity index (χ3n) is 3.43. The van der Waals surface area contributed by atoms with Gasteiger partial charge in [-0.3, -0.25) is 5.43 Å². The largest absolute Gasteiger partial charge is 0.493 e. The number of benzene rings is 2. The smallest absolute Gasteiger partial charge is 0.186 e. The number of nitriles is 1. The van der Waals surface area contributed by atoms with Crippen molar-refractivity contribution in [3.63, 3.8) is 0 Å². The van der Waals surface area contributed by atoms with Crippen LogP contribution in [0.2, 0.25) is 0 Å². The van der Waals surface area contributed by atoms with Gasteiger partial charge in [0.15, 0.2) is 16.6 Å². The zero-order chi connectivity index (χ0) is 18.8. The van der Waals surface area contributed by atoms with Crippen molar-refractivity contribution >= 4 is 23.5 Å². The fourth-order valence-corrected chi connectivity index (χ4v) is 2.36. The summed E-state index contributed by atoms with van der Waals surface area (Å²) in [5.41, 5.74) is 4.98. The molecular weight excluding hydrogens is 348 g/mol. The second-order valence-corrected chi connectivity index (χ2v) is 5.61. The second kappa shape index (κ2) is 10.0. The Bertz CT molecular complexity index is 831. The molecule has 0 unspecified atom stereocenters. The van der Waals surface area contributed by atoms with Crippen LogP contribution in [0.1, 0.15) is 23.6 Å². The Morgan fingerprint density at radius 2 is 2.08 bits per heavy atom. The van der Waals surface area contributed by atoms with Crippen molar-refractivity contribution in [1.29, 1.82) is 5.26 Å². The Labute approximate surface area is 158 Å². The van der Waals surface area contributed by atoms with Crippen molar-refractivity contribution in [2.45, 2.75) is 13.5 Å². The fraction of sp³-hybridized carbons (Fsp3) is 0.211. The molecule has 0 aliphatic heterocycles. The van der Waals surface area contributed by atoms with Crippen LogP contribution in [0.15, 0.2) is 47.6 Å². The van der Waals surface area contributed by atoms with Gasteiger partial charge in [0.05, 0.1) is 25.0 Å². The molecule has 0 bridgehead atoms. The number of nitrogens with zero attached hydrogens (tertiary/aromatic N) is 2. The van der Waals surface area contributed by atoms with Gasteiger partial charge in [0.2, 0.25) is 0 Å². The molecule has 0 aromatic heterocycles. The van der Waals surface area contributed by atoms with E-state index in [-0.39, 0.29) is 6.61 Å². The maximum absolute atomic E-state index is 9.14. The highest BCUT2D eigenvalue weighted by Gasteiger charge is 2.07. The summed E-state index contributed by atoms with van der Waals surface area (Å²) in [5.74, 6) is 1.17. The molecule has 2 rings (SSSR count). The SMILES string of the molecule is CCNC(=S)N/N=C\c1ccc(OCc2ccccc2C#N)c(OC)c1. The van der Waals surface area contributed by atoms with E-state index in [1.54, 1.807) is 25.5 Å². The molecule has 0 radical (unpaired) electrons. The number of nitrogens with one attached hydrogen (secondary N) is 2. The minimum absolute atomic E-state index is 0.284. The number of hydrogen-bond acceptors (Lipinski definition) is 5. The minimum Gasteiger partial charge on any atom is -0.493 e. The maximum atomic E-state index is 9.14. The third-order valence-corrected chi connectivity index (χ3v) is 3.66. The molecule has 0 aliphatic carbocycles. The zero-order valence-electron chi connectivity index (χ0n) is 14.7. The lowest BCUT2D eigenvalue weighted by molar-refractivity contribution is 0.284. The average molecular weight is 368 g/mol. The summed E-state index contributed by atoms with van der Waals surface area (Å²) in [6, 6.07) is 15.0. The van der Waals surface area contributed by atoms with Crippen LogP contribution in [-0.2, 0) is 6.61 Å². The molecule has 0 aliphatic rings. The van der Waals surface area contributed by atoms with Crippen LogP contribution in [0.5, 0.6) is 11.5 Å². The highest BCUT2D eigenvalue weighted by molar-refractivity contribution is 7.80. The van der Waals surface area contributed by atoms with Crippen molar-refractivity contribution in [2.75, 3.05) is 13.7 Å². The van der Waals surface area contributed by atoms with Crippen molar-refractivity contribution in [2.24, 2.45) is 5.10 Å². The zero-order valence-corrected chi connectivity index (χ0v) is 15.5. The van der Waals surface area contributed by atoms with Crippen molar-refractivity contribution in [3.05, 3.63) is 59.2 Å². The van der Waals surface area contributed by atoms with E-state index in [9.17, 15) is 0 Å². The van der Waals surface area contributed by atoms with Gasteiger partial charge >= 0.3 is 0 Å². The van der Waals surface area contributed by atoms with E-state index in [1.807, 2.05) is 37.3 Å². The van der Waals surface area contributed by atoms with Crippen LogP contribution in [0, 0.1) is 11.3 Å². The second-order valence-electron chi connectivity index (χ2n) is 5.20. The van der Waals surface area contributed by atoms with E-state index >= 15 is 0 Å². The van der Waals surface area contributed by atoms with E-state index in [0.717, 1.165) is 17.7 Å². The molecule has 26 heavy (non-hydrogen) atoms. The van der Waals surface area contributed by atoms with Crippen LogP contribution in [0.4, 0.5) is 0 Å². The molecule has 2 aromatic carbocycles. The van der Waals surface area contributed by atoms with E-state index < -0.39 is 0 Å². The topological polar surface area (TPSA) is 78.7 Å². The predicted molar refractivity (Wildman–Crippen MR) is 105 cm³/mol. The van der Waals surface area contributed by atoms with Gasteiger partial charge in [-0.25, -0.2) is 0 Å². The normalized spacial score (nSPS) is 10.2. The summed E-state index contributed by atoms with van der Waals surface area (Å²) in [5, 5.41) is 16.6. The predicted octanol–water partition coefficient (Wildman–Crippen LogP) is 2.96. The molecule has 2 N–H and O–H groups in total. The van der Waals surface area contributed by atoms with E-state index in [0.29, 0.717) is 22.2 Å². The Morgan fingerprint density at radius 3 is 2.81 bits per heavy atom. The summed E-state index contributed by atoms with van der Waals surface area (Å²) in [4.78, 5) is 0. The first-order chi connectivity index (χ1) is 12.7. The highest BCUT2D eigenvalue weighted by Crippen LogP contribution is 2.28. The Hall–Kier alpha value is -3.11. The number of hydrazone groups is 1. The van der Waals surface area contributed by atoms with Gasteiger partial charge in [-0.2, -0.15) is 10.4 Å². The molecular formula is C19H20N4O2S. The Kier molecular flexibility index (Phi) is 7.40. The fourth-order valence-electron chi connectivity index (χ4n) is 2.16. The van der Waals surface area contributed by atoms with E-state index in [2.05, 4.69) is 21.9 Å². The lowest BCUT2D eigenvalue weighted by Crippen LogP contribution is -2.31. The first-order valence-corrected chi connectivity index (χ1v) is 8.44. The lowest BCUT2D eigenvalue weighted by atomic mass is 10.1. The molecule has 0 saturated carbocycles. The molecule has 0 atom stereocenters. The summed E-state index contributed by atoms with van der Waals surface area (Å²) in [6.45, 7) is 2.97. The highest BCUT2D eigenvalue weighted by atomic mass is 32.1. The van der Waals surface area contributed by atoms with Gasteiger partial charge in [0.25, 0.3) is 0 Å². The number of ether oxygens (including phenoxy) is 2. The molecule has 7 heteroatoms. The minimum atomic E-state index is 0.284. The van der Waals surface area contributed by atoms with Gasteiger partial charge < -0.3 is 14.8 Å². The molecule has 134 valence electrons. The number of hydrogen-bond donors (Lipinski definition) is 2. The third kappa shape index (κ3) is 5.46. The standard InChI is InChI=1S/C19H20N4O2S/c1-3-21-19(26)23-22-12-14-8-9-17(18(10-14)24-2)25-13-16-7-5-4-6-15(16)11-20/h4-10,12H,3,13H2,1-2H3,(H2,21,23,26)/b22-12-. The molecule has 0 spiro atoms. The van der Waals surface area contributed by atoms with Crippen LogP contribution in [0.25, 0.3) is 0 Å². The Balaban J connectivity index is 2.05. The van der Waals surface area contributed by atoms with Crippen molar-refractivity contribution < 1.29 is 9.47 Å². The monoisotopic (exact) mass is 368 g/mol. The van der Waals surface area contributed by atoms with Gasteiger partial charge in [-0.1, -0.05) is 18.2 Å². The van der Waals surface area contributed by atoms with Crippen LogP contribution < -0.4 is 20.2 Å². The first-order valence-electron chi connectivity index (χ1n) is 8.03. The number of methoxy groups -OCH3 is 1. The Morgan fingerprint density at radius 1 is 1.27 bits per heavy atom. The summed E-state index contributed by atoms with van der Waals surface area (Å²) < 4.78 is 11.2. The molecule has 0 saturated heterocycles. The van der Waals surface area contributed by atoms with Gasteiger partial charge in [0, 0.05) is 12.1 Å². The molecule has 6 nitrogen and oxygen atoms in total. The van der Waals surface area contributed by atoms with Gasteiger partial charge in [0.1, 0.15) is 6.61 Å². The van der Waals surface area contributed by atoms with Crippen LogP contribution in [0.3, 0.4) is 0 Å². The quantitative estimate of drug-likeness (QED) is 0.444.